The Morgan fingerprint density at radius 1 is 1.28 bits per heavy atom. The van der Waals surface area contributed by atoms with Gasteiger partial charge >= 0.3 is 0 Å². The van der Waals surface area contributed by atoms with E-state index in [0.29, 0.717) is 6.10 Å². The number of carbonyl (C=O) groups excluding carboxylic acids is 1. The van der Waals surface area contributed by atoms with Crippen molar-refractivity contribution in [1.29, 1.82) is 0 Å². The SMILES string of the molecule is CC(=O)Nc1cc(C)ccc1OC1CCCCC1. The van der Waals surface area contributed by atoms with Gasteiger partial charge in [-0.3, -0.25) is 4.79 Å². The van der Waals surface area contributed by atoms with Gasteiger partial charge in [-0.25, -0.2) is 0 Å². The Morgan fingerprint density at radius 3 is 2.67 bits per heavy atom. The standard InChI is InChI=1S/C15H21NO2/c1-11-8-9-15(14(10-11)16-12(2)17)18-13-6-4-3-5-7-13/h8-10,13H,3-7H2,1-2H3,(H,16,17). The molecular formula is C15H21NO2. The van der Waals surface area contributed by atoms with Crippen molar-refractivity contribution in [3.8, 4) is 5.75 Å². The fraction of sp³-hybridized carbons (Fsp3) is 0.533. The summed E-state index contributed by atoms with van der Waals surface area (Å²) in [6.45, 7) is 3.53. The highest BCUT2D eigenvalue weighted by atomic mass is 16.5. The molecule has 1 saturated carbocycles. The molecule has 1 aliphatic rings. The van der Waals surface area contributed by atoms with Gasteiger partial charge in [-0.05, 0) is 50.3 Å². The number of rotatable bonds is 3. The highest BCUT2D eigenvalue weighted by Gasteiger charge is 2.16. The Morgan fingerprint density at radius 2 is 2.00 bits per heavy atom. The van der Waals surface area contributed by atoms with Gasteiger partial charge in [0.2, 0.25) is 5.91 Å². The normalized spacial score (nSPS) is 16.3. The van der Waals surface area contributed by atoms with E-state index < -0.39 is 0 Å². The second-order valence-corrected chi connectivity index (χ2v) is 5.06. The minimum Gasteiger partial charge on any atom is -0.488 e. The van der Waals surface area contributed by atoms with Gasteiger partial charge in [0.15, 0.2) is 0 Å². The van der Waals surface area contributed by atoms with Gasteiger partial charge in [0, 0.05) is 6.92 Å². The molecule has 1 aromatic carbocycles. The topological polar surface area (TPSA) is 38.3 Å². The molecule has 1 amide bonds. The van der Waals surface area contributed by atoms with Crippen LogP contribution < -0.4 is 10.1 Å². The maximum Gasteiger partial charge on any atom is 0.221 e. The van der Waals surface area contributed by atoms with E-state index in [-0.39, 0.29) is 5.91 Å². The maximum absolute atomic E-state index is 11.2. The minimum absolute atomic E-state index is 0.0610. The van der Waals surface area contributed by atoms with Crippen LogP contribution in [0.5, 0.6) is 5.75 Å². The summed E-state index contributed by atoms with van der Waals surface area (Å²) < 4.78 is 6.03. The van der Waals surface area contributed by atoms with Crippen LogP contribution in [0.15, 0.2) is 18.2 Å². The molecule has 1 fully saturated rings. The van der Waals surface area contributed by atoms with Crippen LogP contribution in [0.2, 0.25) is 0 Å². The van der Waals surface area contributed by atoms with Gasteiger partial charge in [-0.1, -0.05) is 12.5 Å². The lowest BCUT2D eigenvalue weighted by molar-refractivity contribution is -0.114. The lowest BCUT2D eigenvalue weighted by Crippen LogP contribution is -2.20. The molecule has 1 aromatic rings. The largest absolute Gasteiger partial charge is 0.488 e. The summed E-state index contributed by atoms with van der Waals surface area (Å²) in [6, 6.07) is 5.93. The van der Waals surface area contributed by atoms with Crippen LogP contribution in [0.1, 0.15) is 44.6 Å². The maximum atomic E-state index is 11.2. The van der Waals surface area contributed by atoms with Gasteiger partial charge in [-0.2, -0.15) is 0 Å². The smallest absolute Gasteiger partial charge is 0.221 e. The Bertz CT molecular complexity index is 423. The predicted molar refractivity (Wildman–Crippen MR) is 73.0 cm³/mol. The lowest BCUT2D eigenvalue weighted by atomic mass is 9.98. The van der Waals surface area contributed by atoms with E-state index in [1.54, 1.807) is 0 Å². The summed E-state index contributed by atoms with van der Waals surface area (Å²) in [6.07, 6.45) is 6.33. The number of ether oxygens (including phenoxy) is 1. The van der Waals surface area contributed by atoms with Crippen LogP contribution in [0.4, 0.5) is 5.69 Å². The molecule has 0 unspecified atom stereocenters. The Hall–Kier alpha value is -1.51. The number of aryl methyl sites for hydroxylation is 1. The van der Waals surface area contributed by atoms with Crippen LogP contribution in [0.3, 0.4) is 0 Å². The van der Waals surface area contributed by atoms with Crippen LogP contribution in [-0.4, -0.2) is 12.0 Å². The summed E-state index contributed by atoms with van der Waals surface area (Å²) >= 11 is 0. The average Bonchev–Trinajstić information content (AvgIpc) is 2.33. The highest BCUT2D eigenvalue weighted by molar-refractivity contribution is 5.90. The third-order valence-electron chi connectivity index (χ3n) is 3.29. The molecule has 0 heterocycles. The van der Waals surface area contributed by atoms with Crippen LogP contribution >= 0.6 is 0 Å². The van der Waals surface area contributed by atoms with E-state index in [9.17, 15) is 4.79 Å². The molecule has 2 rings (SSSR count). The van der Waals surface area contributed by atoms with Crippen molar-refractivity contribution in [2.75, 3.05) is 5.32 Å². The van der Waals surface area contributed by atoms with Crippen molar-refractivity contribution in [2.45, 2.75) is 52.1 Å². The third kappa shape index (κ3) is 3.49. The number of amides is 1. The molecule has 0 aliphatic heterocycles. The van der Waals surface area contributed by atoms with Crippen molar-refractivity contribution in [2.24, 2.45) is 0 Å². The zero-order valence-corrected chi connectivity index (χ0v) is 11.2. The number of nitrogens with one attached hydrogen (secondary N) is 1. The van der Waals surface area contributed by atoms with Crippen LogP contribution in [0.25, 0.3) is 0 Å². The second kappa shape index (κ2) is 5.89. The molecule has 1 aliphatic carbocycles. The molecule has 0 bridgehead atoms. The molecule has 3 nitrogen and oxygen atoms in total. The zero-order valence-electron chi connectivity index (χ0n) is 11.2. The van der Waals surface area contributed by atoms with Crippen molar-refractivity contribution in [3.63, 3.8) is 0 Å². The molecule has 0 spiro atoms. The van der Waals surface area contributed by atoms with Crippen molar-refractivity contribution >= 4 is 11.6 Å². The van der Waals surface area contributed by atoms with Gasteiger partial charge in [-0.15, -0.1) is 0 Å². The van der Waals surface area contributed by atoms with Gasteiger partial charge in [0.1, 0.15) is 5.75 Å². The zero-order chi connectivity index (χ0) is 13.0. The van der Waals surface area contributed by atoms with E-state index in [1.165, 1.54) is 26.2 Å². The number of hydrogen-bond acceptors (Lipinski definition) is 2. The molecule has 98 valence electrons. The fourth-order valence-electron chi connectivity index (χ4n) is 2.40. The molecule has 0 aromatic heterocycles. The first-order valence-corrected chi connectivity index (χ1v) is 6.70. The molecule has 1 N–H and O–H groups in total. The quantitative estimate of drug-likeness (QED) is 0.885. The van der Waals surface area contributed by atoms with Crippen molar-refractivity contribution in [1.82, 2.24) is 0 Å². The first kappa shape index (κ1) is 12.9. The average molecular weight is 247 g/mol. The predicted octanol–water partition coefficient (Wildman–Crippen LogP) is 3.66. The summed E-state index contributed by atoms with van der Waals surface area (Å²) in [5.74, 6) is 0.733. The van der Waals surface area contributed by atoms with Gasteiger partial charge < -0.3 is 10.1 Å². The lowest BCUT2D eigenvalue weighted by Gasteiger charge is -2.24. The molecule has 0 radical (unpaired) electrons. The van der Waals surface area contributed by atoms with E-state index in [1.807, 2.05) is 25.1 Å². The monoisotopic (exact) mass is 247 g/mol. The molecule has 0 saturated heterocycles. The highest BCUT2D eigenvalue weighted by Crippen LogP contribution is 2.30. The summed E-state index contributed by atoms with van der Waals surface area (Å²) in [7, 11) is 0. The molecular weight excluding hydrogens is 226 g/mol. The summed E-state index contributed by atoms with van der Waals surface area (Å²) in [4.78, 5) is 11.2. The second-order valence-electron chi connectivity index (χ2n) is 5.06. The van der Waals surface area contributed by atoms with Gasteiger partial charge in [0.25, 0.3) is 0 Å². The van der Waals surface area contributed by atoms with Gasteiger partial charge in [0.05, 0.1) is 11.8 Å². The third-order valence-corrected chi connectivity index (χ3v) is 3.29. The Balaban J connectivity index is 2.12. The summed E-state index contributed by atoms with van der Waals surface area (Å²) in [5.41, 5.74) is 1.91. The van der Waals surface area contributed by atoms with Crippen molar-refractivity contribution < 1.29 is 9.53 Å². The van der Waals surface area contributed by atoms with Crippen LogP contribution in [0, 0.1) is 6.92 Å². The number of hydrogen-bond donors (Lipinski definition) is 1. The first-order chi connectivity index (χ1) is 8.65. The number of anilines is 1. The number of carbonyl (C=O) groups is 1. The van der Waals surface area contributed by atoms with E-state index in [2.05, 4.69) is 5.32 Å². The van der Waals surface area contributed by atoms with E-state index in [0.717, 1.165) is 29.8 Å². The Kier molecular flexibility index (Phi) is 4.24. The fourth-order valence-corrected chi connectivity index (χ4v) is 2.40. The Labute approximate surface area is 109 Å². The molecule has 0 atom stereocenters. The molecule has 3 heteroatoms. The molecule has 18 heavy (non-hydrogen) atoms. The van der Waals surface area contributed by atoms with E-state index >= 15 is 0 Å². The van der Waals surface area contributed by atoms with Crippen molar-refractivity contribution in [3.05, 3.63) is 23.8 Å². The minimum atomic E-state index is -0.0610. The van der Waals surface area contributed by atoms with Crippen LogP contribution in [-0.2, 0) is 4.79 Å². The number of benzene rings is 1. The van der Waals surface area contributed by atoms with E-state index in [4.69, 9.17) is 4.74 Å². The first-order valence-electron chi connectivity index (χ1n) is 6.70. The summed E-state index contributed by atoms with van der Waals surface area (Å²) in [5, 5.41) is 2.84.